The first-order valence-corrected chi connectivity index (χ1v) is 8.81. The molecular formula is C16H22Cl3N2O+. The van der Waals surface area contributed by atoms with Crippen LogP contribution in [0.15, 0.2) is 24.3 Å². The van der Waals surface area contributed by atoms with Crippen LogP contribution < -0.4 is 10.2 Å². The van der Waals surface area contributed by atoms with Crippen molar-refractivity contribution in [3.05, 3.63) is 35.4 Å². The van der Waals surface area contributed by atoms with E-state index in [1.165, 1.54) is 12.8 Å². The van der Waals surface area contributed by atoms with Gasteiger partial charge in [0.15, 0.2) is 0 Å². The largest absolute Gasteiger partial charge is 0.312 e. The van der Waals surface area contributed by atoms with E-state index in [4.69, 9.17) is 34.8 Å². The molecule has 1 aromatic carbocycles. The molecule has 6 heteroatoms. The fourth-order valence-corrected chi connectivity index (χ4v) is 3.55. The topological polar surface area (TPSA) is 33.5 Å². The van der Waals surface area contributed by atoms with Crippen LogP contribution in [0.3, 0.4) is 0 Å². The predicted molar refractivity (Wildman–Crippen MR) is 91.9 cm³/mol. The van der Waals surface area contributed by atoms with Gasteiger partial charge in [0, 0.05) is 5.56 Å². The highest BCUT2D eigenvalue weighted by Gasteiger charge is 2.42. The molecule has 1 unspecified atom stereocenters. The van der Waals surface area contributed by atoms with Crippen LogP contribution in [-0.4, -0.2) is 29.0 Å². The molecule has 2 rings (SSSR count). The summed E-state index contributed by atoms with van der Waals surface area (Å²) in [4.78, 5) is 13.7. The highest BCUT2D eigenvalue weighted by Crippen LogP contribution is 2.28. The van der Waals surface area contributed by atoms with Gasteiger partial charge in [-0.15, -0.1) is 0 Å². The molecule has 22 heavy (non-hydrogen) atoms. The average molecular weight is 365 g/mol. The molecule has 1 saturated heterocycles. The predicted octanol–water partition coefficient (Wildman–Crippen LogP) is 2.88. The number of halogens is 3. The number of hydrogen-bond acceptors (Lipinski definition) is 1. The number of rotatable bonds is 3. The number of amides is 1. The Balaban J connectivity index is 2.16. The van der Waals surface area contributed by atoms with Crippen LogP contribution in [0.1, 0.15) is 41.6 Å². The lowest BCUT2D eigenvalue weighted by molar-refractivity contribution is -0.926. The van der Waals surface area contributed by atoms with Crippen LogP contribution in [0.5, 0.6) is 0 Å². The van der Waals surface area contributed by atoms with Crippen molar-refractivity contribution < 1.29 is 9.69 Å². The number of likely N-dealkylation sites (tertiary alicyclic amines) is 1. The van der Waals surface area contributed by atoms with Crippen molar-refractivity contribution in [3.8, 4) is 0 Å². The molecule has 1 aliphatic rings. The Morgan fingerprint density at radius 3 is 2.27 bits per heavy atom. The van der Waals surface area contributed by atoms with E-state index in [9.17, 15) is 4.79 Å². The van der Waals surface area contributed by atoms with Gasteiger partial charge in [-0.25, -0.2) is 0 Å². The summed E-state index contributed by atoms with van der Waals surface area (Å²) < 4.78 is -1.53. The highest BCUT2D eigenvalue weighted by molar-refractivity contribution is 6.68. The summed E-state index contributed by atoms with van der Waals surface area (Å²) in [6, 6.07) is 7.43. The Bertz CT molecular complexity index is 508. The molecule has 1 aliphatic heterocycles. The van der Waals surface area contributed by atoms with Gasteiger partial charge in [0.2, 0.25) is 6.17 Å². The SMILES string of the molecule is Cc1ccccc1C(=O)NC([NH+]1CCCCCC1)C(Cl)(Cl)Cl. The van der Waals surface area contributed by atoms with E-state index in [1.54, 1.807) is 6.07 Å². The van der Waals surface area contributed by atoms with E-state index in [2.05, 4.69) is 5.32 Å². The van der Waals surface area contributed by atoms with Gasteiger partial charge in [-0.1, -0.05) is 53.0 Å². The van der Waals surface area contributed by atoms with E-state index >= 15 is 0 Å². The molecule has 1 atom stereocenters. The summed E-state index contributed by atoms with van der Waals surface area (Å²) in [5.74, 6) is -0.189. The molecule has 0 radical (unpaired) electrons. The molecule has 3 nitrogen and oxygen atoms in total. The van der Waals surface area contributed by atoms with Gasteiger partial charge < -0.3 is 4.90 Å². The normalized spacial score (nSPS) is 18.5. The first kappa shape index (κ1) is 17.9. The lowest BCUT2D eigenvalue weighted by atomic mass is 10.1. The van der Waals surface area contributed by atoms with Crippen molar-refractivity contribution in [2.45, 2.75) is 42.6 Å². The fourth-order valence-electron chi connectivity index (χ4n) is 2.92. The van der Waals surface area contributed by atoms with E-state index in [0.717, 1.165) is 36.4 Å². The van der Waals surface area contributed by atoms with E-state index in [0.29, 0.717) is 5.56 Å². The number of quaternary nitrogens is 1. The van der Waals surface area contributed by atoms with Gasteiger partial charge in [0.1, 0.15) is 0 Å². The van der Waals surface area contributed by atoms with Gasteiger partial charge in [-0.2, -0.15) is 0 Å². The monoisotopic (exact) mass is 363 g/mol. The van der Waals surface area contributed by atoms with Gasteiger partial charge in [-0.3, -0.25) is 10.1 Å². The Hall–Kier alpha value is -0.480. The van der Waals surface area contributed by atoms with Crippen LogP contribution in [0.25, 0.3) is 0 Å². The van der Waals surface area contributed by atoms with Crippen molar-refractivity contribution in [1.82, 2.24) is 5.32 Å². The van der Waals surface area contributed by atoms with Gasteiger partial charge in [-0.05, 0) is 44.2 Å². The minimum absolute atomic E-state index is 0.189. The molecule has 0 aromatic heterocycles. The highest BCUT2D eigenvalue weighted by atomic mass is 35.6. The zero-order valence-electron chi connectivity index (χ0n) is 12.7. The molecule has 1 heterocycles. The van der Waals surface area contributed by atoms with Crippen LogP contribution >= 0.6 is 34.8 Å². The van der Waals surface area contributed by atoms with E-state index in [1.807, 2.05) is 25.1 Å². The molecule has 0 saturated carbocycles. The third-order valence-electron chi connectivity index (χ3n) is 4.15. The summed E-state index contributed by atoms with van der Waals surface area (Å²) in [5, 5.41) is 2.94. The van der Waals surface area contributed by atoms with Crippen molar-refractivity contribution in [2.24, 2.45) is 0 Å². The Kier molecular flexibility index (Phi) is 6.39. The molecule has 0 spiro atoms. The maximum Gasteiger partial charge on any atom is 0.262 e. The average Bonchev–Trinajstić information content (AvgIpc) is 2.72. The van der Waals surface area contributed by atoms with Crippen molar-refractivity contribution in [1.29, 1.82) is 0 Å². The maximum atomic E-state index is 12.6. The molecule has 1 fully saturated rings. The van der Waals surface area contributed by atoms with Gasteiger partial charge in [0.05, 0.1) is 13.1 Å². The number of nitrogens with one attached hydrogen (secondary N) is 2. The van der Waals surface area contributed by atoms with Crippen molar-refractivity contribution in [3.63, 3.8) is 0 Å². The molecule has 1 aromatic rings. The third kappa shape index (κ3) is 4.76. The lowest BCUT2D eigenvalue weighted by Gasteiger charge is -2.32. The number of benzene rings is 1. The summed E-state index contributed by atoms with van der Waals surface area (Å²) in [6.45, 7) is 3.72. The van der Waals surface area contributed by atoms with Crippen LogP contribution in [0, 0.1) is 6.92 Å². The Labute approximate surface area is 146 Å². The zero-order valence-corrected chi connectivity index (χ0v) is 14.9. The summed E-state index contributed by atoms with van der Waals surface area (Å²) >= 11 is 18.5. The maximum absolute atomic E-state index is 12.6. The minimum atomic E-state index is -1.53. The van der Waals surface area contributed by atoms with Gasteiger partial charge >= 0.3 is 0 Å². The third-order valence-corrected chi connectivity index (χ3v) is 4.80. The van der Waals surface area contributed by atoms with Crippen LogP contribution in [-0.2, 0) is 0 Å². The van der Waals surface area contributed by atoms with Crippen LogP contribution in [0.2, 0.25) is 0 Å². The summed E-state index contributed by atoms with van der Waals surface area (Å²) in [5.41, 5.74) is 1.53. The van der Waals surface area contributed by atoms with Crippen molar-refractivity contribution >= 4 is 40.7 Å². The zero-order chi connectivity index (χ0) is 16.2. The minimum Gasteiger partial charge on any atom is -0.312 e. The number of aryl methyl sites for hydroxylation is 1. The second-order valence-corrected chi connectivity index (χ2v) is 8.20. The number of carbonyl (C=O) groups excluding carboxylic acids is 1. The van der Waals surface area contributed by atoms with Crippen molar-refractivity contribution in [2.75, 3.05) is 13.1 Å². The molecule has 0 bridgehead atoms. The number of carbonyl (C=O) groups is 1. The molecular weight excluding hydrogens is 343 g/mol. The van der Waals surface area contributed by atoms with Gasteiger partial charge in [0.25, 0.3) is 9.70 Å². The second kappa shape index (κ2) is 7.87. The van der Waals surface area contributed by atoms with Crippen LogP contribution in [0.4, 0.5) is 0 Å². The standard InChI is InChI=1S/C16H21Cl3N2O/c1-12-8-4-5-9-13(12)14(22)20-15(16(17,18)19)21-10-6-2-3-7-11-21/h4-5,8-9,15H,2-3,6-7,10-11H2,1H3,(H,20,22)/p+1. The second-order valence-electron chi connectivity index (χ2n) is 5.84. The molecule has 0 aliphatic carbocycles. The fraction of sp³-hybridized carbons (Fsp3) is 0.562. The first-order valence-electron chi connectivity index (χ1n) is 7.67. The quantitative estimate of drug-likeness (QED) is 0.795. The smallest absolute Gasteiger partial charge is 0.262 e. The van der Waals surface area contributed by atoms with E-state index < -0.39 is 9.96 Å². The van der Waals surface area contributed by atoms with E-state index in [-0.39, 0.29) is 5.91 Å². The Morgan fingerprint density at radius 2 is 1.73 bits per heavy atom. The Morgan fingerprint density at radius 1 is 1.14 bits per heavy atom. The summed E-state index contributed by atoms with van der Waals surface area (Å²) in [6.07, 6.45) is 4.03. The molecule has 1 amide bonds. The molecule has 2 N–H and O–H groups in total. The lowest BCUT2D eigenvalue weighted by Crippen LogP contribution is -3.19. The number of alkyl halides is 3. The number of hydrogen-bond donors (Lipinski definition) is 2. The molecule has 122 valence electrons. The summed E-state index contributed by atoms with van der Waals surface area (Å²) in [7, 11) is 0. The first-order chi connectivity index (χ1) is 10.4.